The third-order valence-electron chi connectivity index (χ3n) is 2.17. The highest BCUT2D eigenvalue weighted by Crippen LogP contribution is 2.29. The van der Waals surface area contributed by atoms with Gasteiger partial charge in [-0.1, -0.05) is 18.2 Å². The van der Waals surface area contributed by atoms with Crippen LogP contribution in [0.3, 0.4) is 0 Å². The highest BCUT2D eigenvalue weighted by atomic mass is 32.2. The number of rotatable bonds is 3. The molecule has 1 fully saturated rings. The Morgan fingerprint density at radius 2 is 2.00 bits per heavy atom. The summed E-state index contributed by atoms with van der Waals surface area (Å²) in [4.78, 5) is 11.7. The average Bonchev–Trinajstić information content (AvgIpc) is 2.12. The molecule has 0 aromatic heterocycles. The zero-order valence-electron chi connectivity index (χ0n) is 7.59. The van der Waals surface area contributed by atoms with Gasteiger partial charge in [-0.05, 0) is 24.1 Å². The summed E-state index contributed by atoms with van der Waals surface area (Å²) in [6.07, 6.45) is 0. The molecule has 1 heterocycles. The number of hydrogen-bond donors (Lipinski definition) is 1. The maximum atomic E-state index is 10.5. The molecule has 0 amide bonds. The van der Waals surface area contributed by atoms with Crippen LogP contribution in [0.5, 0.6) is 0 Å². The summed E-state index contributed by atoms with van der Waals surface area (Å²) < 4.78 is 2.06. The van der Waals surface area contributed by atoms with E-state index < -0.39 is 5.97 Å². The zero-order chi connectivity index (χ0) is 9.97. The van der Waals surface area contributed by atoms with Gasteiger partial charge in [0.15, 0.2) is 0 Å². The molecular weight excluding hydrogens is 198 g/mol. The summed E-state index contributed by atoms with van der Waals surface area (Å²) in [5, 5.41) is 8.68. The molecule has 1 aliphatic heterocycles. The van der Waals surface area contributed by atoms with Crippen LogP contribution in [0.25, 0.3) is 0 Å². The molecule has 0 aliphatic carbocycles. The lowest BCUT2D eigenvalue weighted by atomic mass is 10.0. The van der Waals surface area contributed by atoms with Crippen LogP contribution < -0.4 is 0 Å². The van der Waals surface area contributed by atoms with Gasteiger partial charge < -0.3 is 5.11 Å². The molecule has 14 heavy (non-hydrogen) atoms. The summed E-state index contributed by atoms with van der Waals surface area (Å²) in [5.41, 5.74) is 0. The molecule has 0 atom stereocenters. The molecule has 3 nitrogen and oxygen atoms in total. The van der Waals surface area contributed by atoms with Crippen LogP contribution >= 0.6 is 11.9 Å². The van der Waals surface area contributed by atoms with Crippen molar-refractivity contribution in [2.45, 2.75) is 4.90 Å². The number of carboxylic acid groups (broad SMARTS) is 1. The van der Waals surface area contributed by atoms with Gasteiger partial charge in [-0.15, -0.1) is 0 Å². The minimum absolute atomic E-state index is 0.175. The van der Waals surface area contributed by atoms with E-state index in [1.807, 2.05) is 30.3 Å². The van der Waals surface area contributed by atoms with E-state index >= 15 is 0 Å². The lowest BCUT2D eigenvalue weighted by Gasteiger charge is -2.35. The summed E-state index contributed by atoms with van der Waals surface area (Å²) in [7, 11) is 0. The van der Waals surface area contributed by atoms with Crippen molar-refractivity contribution in [2.24, 2.45) is 5.92 Å². The second-order valence-corrected chi connectivity index (χ2v) is 4.46. The Morgan fingerprint density at radius 1 is 1.36 bits per heavy atom. The second kappa shape index (κ2) is 4.02. The molecule has 2 rings (SSSR count). The Balaban J connectivity index is 1.82. The van der Waals surface area contributed by atoms with Gasteiger partial charge in [0.05, 0.1) is 5.92 Å². The topological polar surface area (TPSA) is 40.5 Å². The van der Waals surface area contributed by atoms with Gasteiger partial charge in [0, 0.05) is 18.0 Å². The minimum atomic E-state index is -0.685. The summed E-state index contributed by atoms with van der Waals surface area (Å²) in [6.45, 7) is 1.30. The summed E-state index contributed by atoms with van der Waals surface area (Å²) in [6, 6.07) is 9.99. The van der Waals surface area contributed by atoms with Gasteiger partial charge >= 0.3 is 5.97 Å². The molecule has 4 heteroatoms. The van der Waals surface area contributed by atoms with Crippen molar-refractivity contribution in [1.82, 2.24) is 4.31 Å². The number of aliphatic carboxylic acids is 1. The number of carbonyl (C=O) groups is 1. The predicted octanol–water partition coefficient (Wildman–Crippen LogP) is 1.71. The summed E-state index contributed by atoms with van der Waals surface area (Å²) >= 11 is 1.62. The van der Waals surface area contributed by atoms with E-state index in [-0.39, 0.29) is 5.92 Å². The van der Waals surface area contributed by atoms with Crippen LogP contribution in [0.2, 0.25) is 0 Å². The maximum Gasteiger partial charge on any atom is 0.309 e. The van der Waals surface area contributed by atoms with Crippen molar-refractivity contribution < 1.29 is 9.90 Å². The smallest absolute Gasteiger partial charge is 0.309 e. The lowest BCUT2D eigenvalue weighted by Crippen LogP contribution is -2.46. The minimum Gasteiger partial charge on any atom is -0.481 e. The quantitative estimate of drug-likeness (QED) is 0.769. The van der Waals surface area contributed by atoms with Gasteiger partial charge in [0.25, 0.3) is 0 Å². The summed E-state index contributed by atoms with van der Waals surface area (Å²) in [5.74, 6) is -0.860. The first kappa shape index (κ1) is 9.55. The third kappa shape index (κ3) is 2.08. The van der Waals surface area contributed by atoms with Gasteiger partial charge in [-0.25, -0.2) is 4.31 Å². The van der Waals surface area contributed by atoms with Crippen molar-refractivity contribution in [1.29, 1.82) is 0 Å². The van der Waals surface area contributed by atoms with E-state index in [0.717, 1.165) is 4.90 Å². The normalized spacial score (nSPS) is 17.7. The van der Waals surface area contributed by atoms with Crippen molar-refractivity contribution in [3.8, 4) is 0 Å². The monoisotopic (exact) mass is 209 g/mol. The van der Waals surface area contributed by atoms with Crippen LogP contribution in [-0.2, 0) is 4.79 Å². The molecule has 1 saturated heterocycles. The van der Waals surface area contributed by atoms with Crippen molar-refractivity contribution in [3.05, 3.63) is 30.3 Å². The molecule has 1 aromatic carbocycles. The number of carboxylic acids is 1. The van der Waals surface area contributed by atoms with Crippen LogP contribution in [0.4, 0.5) is 0 Å². The zero-order valence-corrected chi connectivity index (χ0v) is 8.41. The first-order valence-corrected chi connectivity index (χ1v) is 5.24. The molecule has 1 aliphatic rings. The Morgan fingerprint density at radius 3 is 2.57 bits per heavy atom. The fraction of sp³-hybridized carbons (Fsp3) is 0.300. The maximum absolute atomic E-state index is 10.5. The highest BCUT2D eigenvalue weighted by Gasteiger charge is 2.32. The Kier molecular flexibility index (Phi) is 2.74. The first-order valence-electron chi connectivity index (χ1n) is 4.46. The Hall–Kier alpha value is -1.00. The van der Waals surface area contributed by atoms with Crippen molar-refractivity contribution in [3.63, 3.8) is 0 Å². The molecule has 0 radical (unpaired) electrons. The van der Waals surface area contributed by atoms with Crippen molar-refractivity contribution in [2.75, 3.05) is 13.1 Å². The fourth-order valence-electron chi connectivity index (χ4n) is 1.30. The molecule has 1 aromatic rings. The Bertz CT molecular complexity index is 322. The molecule has 1 N–H and O–H groups in total. The molecule has 0 unspecified atom stereocenters. The van der Waals surface area contributed by atoms with Gasteiger partial charge in [-0.2, -0.15) is 0 Å². The fourth-order valence-corrected chi connectivity index (χ4v) is 2.39. The number of hydrogen-bond acceptors (Lipinski definition) is 3. The first-order chi connectivity index (χ1) is 6.75. The largest absolute Gasteiger partial charge is 0.481 e. The van der Waals surface area contributed by atoms with E-state index in [0.29, 0.717) is 13.1 Å². The Labute approximate surface area is 86.9 Å². The van der Waals surface area contributed by atoms with Crippen LogP contribution in [0.1, 0.15) is 0 Å². The predicted molar refractivity (Wildman–Crippen MR) is 55.0 cm³/mol. The molecule has 0 bridgehead atoms. The van der Waals surface area contributed by atoms with Crippen LogP contribution in [0.15, 0.2) is 35.2 Å². The second-order valence-electron chi connectivity index (χ2n) is 3.29. The van der Waals surface area contributed by atoms with E-state index in [2.05, 4.69) is 4.31 Å². The lowest BCUT2D eigenvalue weighted by molar-refractivity contribution is -0.145. The number of benzene rings is 1. The van der Waals surface area contributed by atoms with Crippen LogP contribution in [0, 0.1) is 5.92 Å². The SMILES string of the molecule is O=C(O)C1CN(Sc2ccccc2)C1. The molecular formula is C10H11NO2S. The average molecular weight is 209 g/mol. The van der Waals surface area contributed by atoms with E-state index in [9.17, 15) is 4.79 Å². The molecule has 0 spiro atoms. The number of nitrogens with zero attached hydrogens (tertiary/aromatic N) is 1. The van der Waals surface area contributed by atoms with Crippen LogP contribution in [-0.4, -0.2) is 28.5 Å². The van der Waals surface area contributed by atoms with Gasteiger partial charge in [0.1, 0.15) is 0 Å². The molecule has 74 valence electrons. The molecule has 0 saturated carbocycles. The van der Waals surface area contributed by atoms with Gasteiger partial charge in [-0.3, -0.25) is 4.79 Å². The standard InChI is InChI=1S/C10H11NO2S/c12-10(13)8-6-11(7-8)14-9-4-2-1-3-5-9/h1-5,8H,6-7H2,(H,12,13). The van der Waals surface area contributed by atoms with Gasteiger partial charge in [0.2, 0.25) is 0 Å². The third-order valence-corrected chi connectivity index (χ3v) is 3.21. The van der Waals surface area contributed by atoms with Crippen molar-refractivity contribution >= 4 is 17.9 Å². The van der Waals surface area contributed by atoms with E-state index in [4.69, 9.17) is 5.11 Å². The van der Waals surface area contributed by atoms with E-state index in [1.54, 1.807) is 11.9 Å². The van der Waals surface area contributed by atoms with E-state index in [1.165, 1.54) is 0 Å². The highest BCUT2D eigenvalue weighted by molar-refractivity contribution is 7.97.